The van der Waals surface area contributed by atoms with E-state index in [1.807, 2.05) is 140 Å². The first-order chi connectivity index (χ1) is 55.5. The van der Waals surface area contributed by atoms with Crippen molar-refractivity contribution in [3.8, 4) is 0 Å². The van der Waals surface area contributed by atoms with Crippen LogP contribution in [0.3, 0.4) is 0 Å². The van der Waals surface area contributed by atoms with E-state index in [2.05, 4.69) is 146 Å². The highest BCUT2D eigenvalue weighted by molar-refractivity contribution is 5.85. The fourth-order valence-electron chi connectivity index (χ4n) is 10.3. The highest BCUT2D eigenvalue weighted by atomic mass is 16.6. The normalized spacial score (nSPS) is 9.92. The molecule has 114 heavy (non-hydrogen) atoms. The zero-order valence-electron chi connectivity index (χ0n) is 67.8. The molecule has 0 saturated carbocycles. The van der Waals surface area contributed by atoms with Crippen LogP contribution in [0.25, 0.3) is 16.8 Å². The molecule has 8 rings (SSSR count). The molecule has 0 aliphatic heterocycles. The van der Waals surface area contributed by atoms with Crippen LogP contribution in [0.2, 0.25) is 0 Å². The number of rotatable bonds is 43. The van der Waals surface area contributed by atoms with Crippen molar-refractivity contribution in [1.82, 2.24) is 0 Å². The smallest absolute Gasteiger partial charge is 0.330 e. The minimum Gasteiger partial charge on any atom is -0.463 e. The molecule has 14 heteroatoms. The van der Waals surface area contributed by atoms with Gasteiger partial charge in [0.15, 0.2) is 0 Å². The van der Waals surface area contributed by atoms with Crippen LogP contribution in [0, 0.1) is 0 Å². The maximum absolute atomic E-state index is 11.0. The molecule has 0 radical (unpaired) electrons. The molecule has 0 amide bonds. The molecule has 0 spiro atoms. The number of carbonyl (C=O) groups is 7. The second-order valence-corrected chi connectivity index (χ2v) is 26.1. The van der Waals surface area contributed by atoms with Gasteiger partial charge in [-0.05, 0) is 150 Å². The summed E-state index contributed by atoms with van der Waals surface area (Å²) in [5.74, 6) is -2.60. The first kappa shape index (κ1) is 98.3. The highest BCUT2D eigenvalue weighted by Crippen LogP contribution is 2.18. The van der Waals surface area contributed by atoms with Gasteiger partial charge in [0.05, 0.1) is 13.2 Å². The van der Waals surface area contributed by atoms with Crippen LogP contribution in [-0.2, 0) is 125 Å². The largest absolute Gasteiger partial charge is 0.463 e. The van der Waals surface area contributed by atoms with Crippen molar-refractivity contribution in [1.29, 1.82) is 0 Å². The summed E-state index contributed by atoms with van der Waals surface area (Å²) in [5, 5.41) is 2.33. The summed E-state index contributed by atoms with van der Waals surface area (Å²) in [5.41, 5.74) is 11.6. The van der Waals surface area contributed by atoms with Crippen LogP contribution in [0.5, 0.6) is 0 Å². The third-order valence-electron chi connectivity index (χ3n) is 16.8. The zero-order valence-corrected chi connectivity index (χ0v) is 67.8. The van der Waals surface area contributed by atoms with Gasteiger partial charge < -0.3 is 33.2 Å². The molecule has 8 aromatic carbocycles. The second-order valence-electron chi connectivity index (χ2n) is 26.1. The van der Waals surface area contributed by atoms with Crippen molar-refractivity contribution < 1.29 is 66.7 Å². The molecule has 0 heterocycles. The Kier molecular flexibility index (Phi) is 57.7. The van der Waals surface area contributed by atoms with Crippen LogP contribution in [0.4, 0.5) is 0 Å². The lowest BCUT2D eigenvalue weighted by Crippen LogP contribution is -2.02. The lowest BCUT2D eigenvalue weighted by Gasteiger charge is -2.05. The lowest BCUT2D eigenvalue weighted by molar-refractivity contribution is -0.139. The molecule has 0 atom stereocenters. The minimum atomic E-state index is -0.395. The fourth-order valence-corrected chi connectivity index (χ4v) is 10.3. The molecular weight excluding hydrogens is 1430 g/mol. The van der Waals surface area contributed by atoms with E-state index < -0.39 is 5.97 Å². The molecule has 0 bridgehead atoms. The van der Waals surface area contributed by atoms with E-state index in [0.29, 0.717) is 39.6 Å². The predicted octanol–water partition coefficient (Wildman–Crippen LogP) is 23.4. The number of hydrogen-bond acceptors (Lipinski definition) is 14. The summed E-state index contributed by atoms with van der Waals surface area (Å²) in [7, 11) is 0. The van der Waals surface area contributed by atoms with E-state index in [-0.39, 0.29) is 42.4 Å². The van der Waals surface area contributed by atoms with Gasteiger partial charge in [-0.15, -0.1) is 0 Å². The van der Waals surface area contributed by atoms with Gasteiger partial charge in [-0.1, -0.05) is 337 Å². The number of benzene rings is 8. The number of hydrogen-bond donors (Lipinski definition) is 0. The van der Waals surface area contributed by atoms with E-state index >= 15 is 0 Å². The minimum absolute atomic E-state index is 0.287. The summed E-state index contributed by atoms with van der Waals surface area (Å²) in [6.07, 6.45) is 37.3. The van der Waals surface area contributed by atoms with E-state index in [4.69, 9.17) is 33.2 Å². The van der Waals surface area contributed by atoms with Gasteiger partial charge in [-0.3, -0.25) is 0 Å². The summed E-state index contributed by atoms with van der Waals surface area (Å²) < 4.78 is 34.4. The molecule has 0 fully saturated rings. The van der Waals surface area contributed by atoms with E-state index in [0.717, 1.165) is 97.1 Å². The van der Waals surface area contributed by atoms with E-state index in [1.165, 1.54) is 147 Å². The summed E-state index contributed by atoms with van der Waals surface area (Å²) >= 11 is 0. The number of aryl methyl sites for hydroxylation is 4. The van der Waals surface area contributed by atoms with Crippen molar-refractivity contribution in [2.45, 2.75) is 189 Å². The van der Waals surface area contributed by atoms with Crippen molar-refractivity contribution in [2.24, 2.45) is 0 Å². The van der Waals surface area contributed by atoms with E-state index in [9.17, 15) is 33.6 Å². The van der Waals surface area contributed by atoms with Crippen LogP contribution in [0.1, 0.15) is 186 Å². The molecule has 0 N–H and O–H groups in total. The molecular formula is C100H122O14. The highest BCUT2D eigenvalue weighted by Gasteiger charge is 2.05. The lowest BCUT2D eigenvalue weighted by atomic mass is 10.0. The molecule has 0 saturated heterocycles. The van der Waals surface area contributed by atoms with Gasteiger partial charge in [-0.2, -0.15) is 0 Å². The Labute approximate surface area is 680 Å². The Hall–Kier alpha value is -11.8. The summed E-state index contributed by atoms with van der Waals surface area (Å²) in [6, 6.07) is 68.8. The number of unbranched alkanes of at least 4 members (excludes halogenated alkanes) is 12. The fraction of sp³-hybridized carbons (Fsp3) is 0.310. The molecule has 0 aliphatic carbocycles. The maximum Gasteiger partial charge on any atom is 0.330 e. The van der Waals surface area contributed by atoms with Gasteiger partial charge in [0.1, 0.15) is 33.0 Å². The summed E-state index contributed by atoms with van der Waals surface area (Å²) in [4.78, 5) is 75.7. The number of allylic oxidation sites excluding steroid dienone is 1. The van der Waals surface area contributed by atoms with Gasteiger partial charge in [0, 0.05) is 42.5 Å². The van der Waals surface area contributed by atoms with Crippen LogP contribution < -0.4 is 0 Å². The van der Waals surface area contributed by atoms with Gasteiger partial charge in [-0.25, -0.2) is 33.6 Å². The number of fused-ring (bicyclic) bond motifs is 1. The Bertz CT molecular complexity index is 4030. The average molecular weight is 1550 g/mol. The van der Waals surface area contributed by atoms with Gasteiger partial charge >= 0.3 is 41.8 Å². The molecule has 0 aromatic heterocycles. The third-order valence-corrected chi connectivity index (χ3v) is 16.8. The van der Waals surface area contributed by atoms with Crippen LogP contribution in [0.15, 0.2) is 301 Å². The van der Waals surface area contributed by atoms with Crippen molar-refractivity contribution in [3.63, 3.8) is 0 Å². The topological polar surface area (TPSA) is 184 Å². The van der Waals surface area contributed by atoms with E-state index in [1.54, 1.807) is 0 Å². The Morgan fingerprint density at radius 2 is 0.526 bits per heavy atom. The number of ether oxygens (including phenoxy) is 7. The van der Waals surface area contributed by atoms with Crippen LogP contribution >= 0.6 is 0 Å². The molecule has 606 valence electrons. The molecule has 0 unspecified atom stereocenters. The predicted molar refractivity (Wildman–Crippen MR) is 464 cm³/mol. The Morgan fingerprint density at radius 1 is 0.254 bits per heavy atom. The molecule has 14 nitrogen and oxygen atoms in total. The SMILES string of the molecule is C=CC(=O)OCCCC/C=C/c1ccccc1.C=CC(=O)OCCCCc1ccccc1.C=CC(=O)OCc1ccc(CCCC)cc1.C=CC(=O)OCc1ccc(CCCCCC)cc1.C=CC(=O)OCc1ccc(CCCCCCCC)cc1.C=CC(=O)OCc1ccc2ccccc2c1.C=CC(=O)OCc1ccccc1. The Morgan fingerprint density at radius 3 is 0.921 bits per heavy atom. The Balaban J connectivity index is 0.000000453. The first-order valence-electron chi connectivity index (χ1n) is 39.6. The maximum atomic E-state index is 11.0. The first-order valence-corrected chi connectivity index (χ1v) is 39.6. The van der Waals surface area contributed by atoms with Crippen molar-refractivity contribution in [2.75, 3.05) is 13.2 Å². The van der Waals surface area contributed by atoms with Crippen LogP contribution in [-0.4, -0.2) is 55.0 Å². The third kappa shape index (κ3) is 52.4. The second kappa shape index (κ2) is 67.0. The molecule has 8 aromatic rings. The summed E-state index contributed by atoms with van der Waals surface area (Å²) in [6.45, 7) is 32.6. The molecule has 0 aliphatic rings. The quantitative estimate of drug-likeness (QED) is 0.0152. The van der Waals surface area contributed by atoms with Gasteiger partial charge in [0.25, 0.3) is 0 Å². The number of esters is 7. The monoisotopic (exact) mass is 1550 g/mol. The van der Waals surface area contributed by atoms with Crippen molar-refractivity contribution in [3.05, 3.63) is 357 Å². The standard InChI is InChI=1S/C18H26O2.C16H22O2.C15H18O2.C14H12O2.C14H18O2.C13H16O2.C10H10O2/c1-3-5-6-7-8-9-10-16-11-13-17(14-12-16)15-20-18(19)4-2;1-3-5-6-7-8-14-9-11-15(12-10-14)13-18-16(17)4-2;1-2-15(16)17-13-9-4-3-6-10-14-11-7-5-8-12-14;1-2-14(15)16-10-11-7-8-12-5-3-4-6-13(12)9-11;1-3-5-6-12-7-9-13(10-8-12)11-16-14(15)4-2;1-2-13(14)15-11-7-6-10-12-8-4-3-5-9-12;1-2-10(11)12-8-9-6-4-3-5-7-9/h4,11-14H,2-3,5-10,15H2,1H3;4,9-12H,2-3,5-8,13H2,1H3;2,5-8,10-12H,1,3-4,9,13H2;2-9H,1,10H2;4,7-10H,2-3,5-6,11H2,1H3;2-5,8-9H,1,6-7,10-11H2;2-7H,1,8H2/b;;10-6+;;;;. The van der Waals surface area contributed by atoms with Crippen molar-refractivity contribution >= 4 is 58.6 Å². The number of carbonyl (C=O) groups excluding carboxylic acids is 7. The van der Waals surface area contributed by atoms with Gasteiger partial charge in [0.2, 0.25) is 0 Å². The zero-order chi connectivity index (χ0) is 83.1. The average Bonchev–Trinajstić information content (AvgIpc) is 0.845.